The molecule has 20 heavy (non-hydrogen) atoms. The van der Waals surface area contributed by atoms with Crippen molar-refractivity contribution < 1.29 is 0 Å². The summed E-state index contributed by atoms with van der Waals surface area (Å²) in [6.45, 7) is 6.33. The molecule has 2 aromatic carbocycles. The van der Waals surface area contributed by atoms with Gasteiger partial charge in [-0.15, -0.1) is 0 Å². The van der Waals surface area contributed by atoms with E-state index in [-0.39, 0.29) is 0 Å². The van der Waals surface area contributed by atoms with E-state index in [1.807, 2.05) is 6.07 Å². The Balaban J connectivity index is 1.71. The number of nitrogens with zero attached hydrogens (tertiary/aromatic N) is 2. The Morgan fingerprint density at radius 1 is 0.850 bits per heavy atom. The Kier molecular flexibility index (Phi) is 3.83. The first-order chi connectivity index (χ1) is 9.74. The normalized spacial score (nSPS) is 15.5. The van der Waals surface area contributed by atoms with Gasteiger partial charge < -0.3 is 9.80 Å². The van der Waals surface area contributed by atoms with Crippen LogP contribution in [0.3, 0.4) is 0 Å². The summed E-state index contributed by atoms with van der Waals surface area (Å²) < 4.78 is 0. The van der Waals surface area contributed by atoms with Gasteiger partial charge in [-0.05, 0) is 36.8 Å². The third-order valence-corrected chi connectivity index (χ3v) is 4.15. The number of rotatable bonds is 2. The first kappa shape index (κ1) is 13.3. The Morgan fingerprint density at radius 3 is 2.20 bits per heavy atom. The fourth-order valence-electron chi connectivity index (χ4n) is 2.77. The molecule has 3 heteroatoms. The first-order valence-corrected chi connectivity index (χ1v) is 7.43. The maximum absolute atomic E-state index is 6.12. The molecule has 0 spiro atoms. The minimum absolute atomic E-state index is 0.816. The zero-order valence-electron chi connectivity index (χ0n) is 11.7. The van der Waals surface area contributed by atoms with Crippen molar-refractivity contribution in [1.29, 1.82) is 0 Å². The molecule has 3 rings (SSSR count). The monoisotopic (exact) mass is 286 g/mol. The summed E-state index contributed by atoms with van der Waals surface area (Å²) in [6, 6.07) is 16.8. The van der Waals surface area contributed by atoms with E-state index in [2.05, 4.69) is 59.2 Å². The third-order valence-electron chi connectivity index (χ3n) is 3.91. The summed E-state index contributed by atoms with van der Waals surface area (Å²) in [5.41, 5.74) is 3.88. The van der Waals surface area contributed by atoms with Crippen molar-refractivity contribution in [3.05, 3.63) is 59.1 Å². The molecule has 0 N–H and O–H groups in total. The number of hydrogen-bond donors (Lipinski definition) is 0. The second-order valence-corrected chi connectivity index (χ2v) is 5.68. The van der Waals surface area contributed by atoms with Crippen LogP contribution in [0.4, 0.5) is 11.4 Å². The SMILES string of the molecule is Cc1ccc(Cl)cc1N1CCN(c2ccccc2)CC1. The van der Waals surface area contributed by atoms with Crippen molar-refractivity contribution in [3.8, 4) is 0 Å². The van der Waals surface area contributed by atoms with Gasteiger partial charge in [0.25, 0.3) is 0 Å². The molecule has 2 aromatic rings. The fourth-order valence-corrected chi connectivity index (χ4v) is 2.93. The smallest absolute Gasteiger partial charge is 0.0426 e. The lowest BCUT2D eigenvalue weighted by molar-refractivity contribution is 0.652. The number of halogens is 1. The molecule has 1 heterocycles. The average molecular weight is 287 g/mol. The van der Waals surface area contributed by atoms with Gasteiger partial charge in [-0.2, -0.15) is 0 Å². The number of hydrogen-bond acceptors (Lipinski definition) is 2. The molecule has 1 aliphatic rings. The number of para-hydroxylation sites is 1. The van der Waals surface area contributed by atoms with Crippen molar-refractivity contribution in [2.24, 2.45) is 0 Å². The van der Waals surface area contributed by atoms with E-state index in [4.69, 9.17) is 11.6 Å². The first-order valence-electron chi connectivity index (χ1n) is 7.05. The molecule has 0 bridgehead atoms. The molecule has 0 amide bonds. The largest absolute Gasteiger partial charge is 0.368 e. The van der Waals surface area contributed by atoms with Crippen LogP contribution in [0.15, 0.2) is 48.5 Å². The van der Waals surface area contributed by atoms with E-state index in [0.717, 1.165) is 31.2 Å². The minimum Gasteiger partial charge on any atom is -0.368 e. The van der Waals surface area contributed by atoms with Gasteiger partial charge in [0, 0.05) is 42.6 Å². The van der Waals surface area contributed by atoms with Gasteiger partial charge in [0.05, 0.1) is 0 Å². The molecule has 0 saturated carbocycles. The molecular weight excluding hydrogens is 268 g/mol. The number of anilines is 2. The van der Waals surface area contributed by atoms with E-state index in [0.29, 0.717) is 0 Å². The molecule has 0 aliphatic carbocycles. The summed E-state index contributed by atoms with van der Waals surface area (Å²) in [4.78, 5) is 4.87. The fraction of sp³-hybridized carbons (Fsp3) is 0.294. The zero-order chi connectivity index (χ0) is 13.9. The molecule has 1 aliphatic heterocycles. The highest BCUT2D eigenvalue weighted by Gasteiger charge is 2.18. The maximum Gasteiger partial charge on any atom is 0.0426 e. The van der Waals surface area contributed by atoms with Gasteiger partial charge in [0.2, 0.25) is 0 Å². The van der Waals surface area contributed by atoms with Crippen molar-refractivity contribution in [2.45, 2.75) is 6.92 Å². The highest BCUT2D eigenvalue weighted by Crippen LogP contribution is 2.26. The third kappa shape index (κ3) is 2.75. The van der Waals surface area contributed by atoms with E-state index in [1.54, 1.807) is 0 Å². The summed E-state index contributed by atoms with van der Waals surface area (Å²) in [5.74, 6) is 0. The van der Waals surface area contributed by atoms with Crippen LogP contribution in [-0.2, 0) is 0 Å². The Hall–Kier alpha value is -1.67. The number of piperazine rings is 1. The minimum atomic E-state index is 0.816. The van der Waals surface area contributed by atoms with Gasteiger partial charge in [-0.3, -0.25) is 0 Å². The average Bonchev–Trinajstić information content (AvgIpc) is 2.51. The summed E-state index contributed by atoms with van der Waals surface area (Å²) in [6.07, 6.45) is 0. The van der Waals surface area contributed by atoms with Crippen LogP contribution < -0.4 is 9.80 Å². The maximum atomic E-state index is 6.12. The van der Waals surface area contributed by atoms with Gasteiger partial charge in [0.15, 0.2) is 0 Å². The second-order valence-electron chi connectivity index (χ2n) is 5.24. The lowest BCUT2D eigenvalue weighted by atomic mass is 10.1. The van der Waals surface area contributed by atoms with Gasteiger partial charge in [-0.1, -0.05) is 35.9 Å². The van der Waals surface area contributed by atoms with Crippen molar-refractivity contribution in [3.63, 3.8) is 0 Å². The molecular formula is C17H19ClN2. The predicted molar refractivity (Wildman–Crippen MR) is 87.1 cm³/mol. The predicted octanol–water partition coefficient (Wildman–Crippen LogP) is 3.98. The summed E-state index contributed by atoms with van der Waals surface area (Å²) >= 11 is 6.12. The van der Waals surface area contributed by atoms with Crippen LogP contribution in [0.25, 0.3) is 0 Å². The topological polar surface area (TPSA) is 6.48 Å². The molecule has 1 saturated heterocycles. The Bertz CT molecular complexity index is 575. The van der Waals surface area contributed by atoms with Gasteiger partial charge >= 0.3 is 0 Å². The highest BCUT2D eigenvalue weighted by molar-refractivity contribution is 6.30. The van der Waals surface area contributed by atoms with Crippen LogP contribution in [0.2, 0.25) is 5.02 Å². The molecule has 2 nitrogen and oxygen atoms in total. The van der Waals surface area contributed by atoms with Crippen LogP contribution in [-0.4, -0.2) is 26.2 Å². The summed E-state index contributed by atoms with van der Waals surface area (Å²) in [5, 5.41) is 0.816. The lowest BCUT2D eigenvalue weighted by Gasteiger charge is -2.38. The molecule has 0 unspecified atom stereocenters. The summed E-state index contributed by atoms with van der Waals surface area (Å²) in [7, 11) is 0. The van der Waals surface area contributed by atoms with Crippen molar-refractivity contribution in [2.75, 3.05) is 36.0 Å². The van der Waals surface area contributed by atoms with Gasteiger partial charge in [0.1, 0.15) is 0 Å². The standard InChI is InChI=1S/C17H19ClN2/c1-14-7-8-15(18)13-17(14)20-11-9-19(10-12-20)16-5-3-2-4-6-16/h2-8,13H,9-12H2,1H3. The quantitative estimate of drug-likeness (QED) is 0.824. The van der Waals surface area contributed by atoms with Crippen molar-refractivity contribution in [1.82, 2.24) is 0 Å². The Morgan fingerprint density at radius 2 is 1.50 bits per heavy atom. The zero-order valence-corrected chi connectivity index (χ0v) is 12.5. The molecule has 0 aromatic heterocycles. The van der Waals surface area contributed by atoms with Crippen LogP contribution >= 0.6 is 11.6 Å². The van der Waals surface area contributed by atoms with E-state index >= 15 is 0 Å². The van der Waals surface area contributed by atoms with E-state index in [1.165, 1.54) is 16.9 Å². The highest BCUT2D eigenvalue weighted by atomic mass is 35.5. The molecule has 0 atom stereocenters. The van der Waals surface area contributed by atoms with Crippen LogP contribution in [0, 0.1) is 6.92 Å². The van der Waals surface area contributed by atoms with Gasteiger partial charge in [-0.25, -0.2) is 0 Å². The molecule has 104 valence electrons. The number of benzene rings is 2. The second kappa shape index (κ2) is 5.76. The number of aryl methyl sites for hydroxylation is 1. The van der Waals surface area contributed by atoms with Crippen LogP contribution in [0.1, 0.15) is 5.56 Å². The lowest BCUT2D eigenvalue weighted by Crippen LogP contribution is -2.46. The van der Waals surface area contributed by atoms with Crippen molar-refractivity contribution >= 4 is 23.0 Å². The molecule has 1 fully saturated rings. The van der Waals surface area contributed by atoms with E-state index in [9.17, 15) is 0 Å². The molecule has 0 radical (unpaired) electrons. The Labute approximate surface area is 125 Å². The van der Waals surface area contributed by atoms with Crippen LogP contribution in [0.5, 0.6) is 0 Å². The van der Waals surface area contributed by atoms with E-state index < -0.39 is 0 Å².